The summed E-state index contributed by atoms with van der Waals surface area (Å²) in [5.74, 6) is -11.4. The first-order valence-corrected chi connectivity index (χ1v) is 22.9. The third-order valence-corrected chi connectivity index (χ3v) is 11.0. The lowest BCUT2D eigenvalue weighted by Gasteiger charge is -2.26. The highest BCUT2D eigenvalue weighted by molar-refractivity contribution is 7.80. The van der Waals surface area contributed by atoms with Crippen molar-refractivity contribution in [3.05, 3.63) is 120 Å². The van der Waals surface area contributed by atoms with Crippen LogP contribution in [-0.2, 0) is 67.2 Å². The van der Waals surface area contributed by atoms with E-state index in [0.717, 1.165) is 21.9 Å². The number of thiol groups is 1. The van der Waals surface area contributed by atoms with Crippen molar-refractivity contribution in [3.63, 3.8) is 0 Å². The van der Waals surface area contributed by atoms with Gasteiger partial charge in [-0.3, -0.25) is 43.2 Å². The number of nitrogens with one attached hydrogen (secondary N) is 7. The maximum absolute atomic E-state index is 14.2. The first-order chi connectivity index (χ1) is 33.3. The summed E-state index contributed by atoms with van der Waals surface area (Å²) in [7, 11) is 0. The van der Waals surface area contributed by atoms with Gasteiger partial charge in [0.05, 0.1) is 25.8 Å². The van der Waals surface area contributed by atoms with Crippen molar-refractivity contribution >= 4 is 82.7 Å². The summed E-state index contributed by atoms with van der Waals surface area (Å²) in [4.78, 5) is 129. The van der Waals surface area contributed by atoms with E-state index < -0.39 is 115 Å². The molecule has 0 aromatic heterocycles. The Balaban J connectivity index is 1.44. The smallest absolute Gasteiger partial charge is 0.326 e. The molecular weight excluding hydrogens is 927 g/mol. The van der Waals surface area contributed by atoms with Gasteiger partial charge in [0.25, 0.3) is 0 Å². The second-order valence-electron chi connectivity index (χ2n) is 16.8. The van der Waals surface area contributed by atoms with Gasteiger partial charge in [0.2, 0.25) is 41.4 Å². The standard InChI is InChI=1S/C49H57N7O13S/c1-28(2)19-34(45(64)54-37(24-42(59)60)48(67)55-38(49(68)69)25-43(61)62)52-41(58)26-50-44(63)39(27-70)56-47(66)36(22-30-13-7-4-8-14-30)53-46(65)35(21-29-11-5-3-6-12-29)51-40(57)23-31-17-18-32-15-9-10-16-33(32)20-31/h3-18,20,28,34-39,70H,19,21-27H2,1-2H3,(H,50,63)(H,51,57)(H,52,58)(H,53,65)(H,54,64)(H,55,67)(H,56,66)(H,59,60)(H,61,62)(H,68,69)/t34-,35-,36-,37-,38-,39-/m0/s1. The Morgan fingerprint density at radius 1 is 0.471 bits per heavy atom. The lowest BCUT2D eigenvalue weighted by atomic mass is 10.0. The predicted molar refractivity (Wildman–Crippen MR) is 258 cm³/mol. The van der Waals surface area contributed by atoms with E-state index >= 15 is 0 Å². The number of rotatable bonds is 27. The summed E-state index contributed by atoms with van der Waals surface area (Å²) in [5, 5.41) is 46.7. The first kappa shape index (κ1) is 54.8. The minimum atomic E-state index is -1.95. The van der Waals surface area contributed by atoms with Crippen molar-refractivity contribution in [2.75, 3.05) is 12.3 Å². The molecule has 4 aromatic rings. The van der Waals surface area contributed by atoms with E-state index in [1.54, 1.807) is 68.4 Å². The summed E-state index contributed by atoms with van der Waals surface area (Å²) in [6.07, 6.45) is -2.09. The minimum absolute atomic E-state index is 0.0262. The number of carboxylic acids is 3. The van der Waals surface area contributed by atoms with Crippen molar-refractivity contribution in [2.45, 2.75) is 88.6 Å². The van der Waals surface area contributed by atoms with Gasteiger partial charge >= 0.3 is 17.9 Å². The Morgan fingerprint density at radius 2 is 0.929 bits per heavy atom. The van der Waals surface area contributed by atoms with Crippen LogP contribution in [0, 0.1) is 5.92 Å². The molecule has 0 aliphatic rings. The molecule has 4 rings (SSSR count). The number of carbonyl (C=O) groups is 10. The van der Waals surface area contributed by atoms with Gasteiger partial charge in [-0.05, 0) is 39.8 Å². The van der Waals surface area contributed by atoms with Crippen LogP contribution in [0.25, 0.3) is 10.8 Å². The van der Waals surface area contributed by atoms with Crippen LogP contribution in [0.15, 0.2) is 103 Å². The molecule has 0 radical (unpaired) electrons. The molecule has 0 unspecified atom stereocenters. The molecule has 0 spiro atoms. The molecule has 70 heavy (non-hydrogen) atoms. The zero-order valence-electron chi connectivity index (χ0n) is 38.4. The molecule has 0 fully saturated rings. The zero-order valence-corrected chi connectivity index (χ0v) is 39.3. The molecule has 0 bridgehead atoms. The van der Waals surface area contributed by atoms with Crippen LogP contribution >= 0.6 is 12.6 Å². The van der Waals surface area contributed by atoms with Crippen LogP contribution in [-0.4, -0.2) is 123 Å². The maximum Gasteiger partial charge on any atom is 0.326 e. The van der Waals surface area contributed by atoms with E-state index in [9.17, 15) is 58.2 Å². The quantitative estimate of drug-likeness (QED) is 0.0371. The fourth-order valence-corrected chi connectivity index (χ4v) is 7.44. The van der Waals surface area contributed by atoms with E-state index in [2.05, 4.69) is 44.5 Å². The highest BCUT2D eigenvalue weighted by Gasteiger charge is 2.33. The largest absolute Gasteiger partial charge is 0.481 e. The minimum Gasteiger partial charge on any atom is -0.481 e. The average molecular weight is 984 g/mol. The van der Waals surface area contributed by atoms with Gasteiger partial charge in [-0.15, -0.1) is 0 Å². The molecule has 20 nitrogen and oxygen atoms in total. The summed E-state index contributed by atoms with van der Waals surface area (Å²) >= 11 is 4.24. The van der Waals surface area contributed by atoms with Crippen molar-refractivity contribution in [1.29, 1.82) is 0 Å². The first-order valence-electron chi connectivity index (χ1n) is 22.2. The molecule has 4 aromatic carbocycles. The molecule has 21 heteroatoms. The molecule has 0 saturated heterocycles. The highest BCUT2D eigenvalue weighted by atomic mass is 32.1. The topological polar surface area (TPSA) is 316 Å². The van der Waals surface area contributed by atoms with Gasteiger partial charge in [0.15, 0.2) is 0 Å². The number of carbonyl (C=O) groups excluding carboxylic acids is 7. The van der Waals surface area contributed by atoms with Crippen LogP contribution in [0.1, 0.15) is 49.8 Å². The third kappa shape index (κ3) is 18.4. The van der Waals surface area contributed by atoms with Crippen molar-refractivity contribution < 1.29 is 63.3 Å². The fourth-order valence-electron chi connectivity index (χ4n) is 7.18. The molecule has 0 saturated carbocycles. The number of carboxylic acid groups (broad SMARTS) is 3. The van der Waals surface area contributed by atoms with Crippen LogP contribution in [0.2, 0.25) is 0 Å². The molecule has 372 valence electrons. The third-order valence-electron chi connectivity index (χ3n) is 10.6. The monoisotopic (exact) mass is 983 g/mol. The van der Waals surface area contributed by atoms with Crippen molar-refractivity contribution in [1.82, 2.24) is 37.2 Å². The van der Waals surface area contributed by atoms with E-state index in [0.29, 0.717) is 5.56 Å². The molecular formula is C49H57N7O13S. The number of hydrogen-bond donors (Lipinski definition) is 11. The second kappa shape index (κ2) is 27.3. The molecule has 0 aliphatic heterocycles. The van der Waals surface area contributed by atoms with E-state index in [1.165, 1.54) is 0 Å². The number of amides is 7. The maximum atomic E-state index is 14.2. The number of fused-ring (bicyclic) bond motifs is 1. The predicted octanol–water partition coefficient (Wildman–Crippen LogP) is 0.903. The molecule has 6 atom stereocenters. The van der Waals surface area contributed by atoms with Crippen LogP contribution in [0.3, 0.4) is 0 Å². The zero-order chi connectivity index (χ0) is 51.3. The number of hydrogen-bond acceptors (Lipinski definition) is 11. The highest BCUT2D eigenvalue weighted by Crippen LogP contribution is 2.17. The van der Waals surface area contributed by atoms with E-state index in [-0.39, 0.29) is 37.4 Å². The summed E-state index contributed by atoms with van der Waals surface area (Å²) in [5.41, 5.74) is 2.12. The van der Waals surface area contributed by atoms with Crippen LogP contribution in [0.5, 0.6) is 0 Å². The lowest BCUT2D eigenvalue weighted by Crippen LogP contribution is -2.59. The lowest BCUT2D eigenvalue weighted by molar-refractivity contribution is -0.148. The SMILES string of the molecule is CC(C)C[C@H](NC(=O)CNC(=O)[C@H](CS)NC(=O)[C@H](Cc1ccccc1)NC(=O)[C@H](Cc1ccccc1)NC(=O)Cc1ccc2ccccc2c1)C(=O)N[C@@H](CC(=O)O)C(=O)N[C@@H](CC(=O)O)C(=O)O. The Labute approximate surface area is 408 Å². The Hall–Kier alpha value is -7.81. The van der Waals surface area contributed by atoms with Crippen molar-refractivity contribution in [3.8, 4) is 0 Å². The van der Waals surface area contributed by atoms with Gasteiger partial charge in [-0.1, -0.05) is 117 Å². The normalized spacial score (nSPS) is 13.5. The number of aliphatic carboxylic acids is 3. The Morgan fingerprint density at radius 3 is 1.47 bits per heavy atom. The van der Waals surface area contributed by atoms with E-state index in [1.807, 2.05) is 53.8 Å². The van der Waals surface area contributed by atoms with Crippen LogP contribution < -0.4 is 37.2 Å². The Kier molecular flexibility index (Phi) is 21.3. The Bertz CT molecular complexity index is 2510. The van der Waals surface area contributed by atoms with Gasteiger partial charge in [-0.25, -0.2) is 4.79 Å². The fraction of sp³-hybridized carbons (Fsp3) is 0.347. The second-order valence-corrected chi connectivity index (χ2v) is 17.2. The van der Waals surface area contributed by atoms with Crippen LogP contribution in [0.4, 0.5) is 0 Å². The summed E-state index contributed by atoms with van der Waals surface area (Å²) in [6.45, 7) is 2.65. The molecule has 10 N–H and O–H groups in total. The molecule has 0 aliphatic carbocycles. The summed E-state index contributed by atoms with van der Waals surface area (Å²) in [6, 6.07) is 22.1. The van der Waals surface area contributed by atoms with Gasteiger partial charge < -0.3 is 52.5 Å². The van der Waals surface area contributed by atoms with Gasteiger partial charge in [0.1, 0.15) is 36.3 Å². The summed E-state index contributed by atoms with van der Waals surface area (Å²) < 4.78 is 0. The van der Waals surface area contributed by atoms with Crippen molar-refractivity contribution in [2.24, 2.45) is 5.92 Å². The van der Waals surface area contributed by atoms with E-state index in [4.69, 9.17) is 5.11 Å². The molecule has 7 amide bonds. The average Bonchev–Trinajstić information content (AvgIpc) is 3.31. The van der Waals surface area contributed by atoms with Gasteiger partial charge in [-0.2, -0.15) is 12.6 Å². The van der Waals surface area contributed by atoms with Gasteiger partial charge in [0, 0.05) is 18.6 Å². The number of benzene rings is 4. The molecule has 0 heterocycles.